The number of carbonyl (C=O) groups is 1. The monoisotopic (exact) mass is 396 g/mol. The van der Waals surface area contributed by atoms with Crippen molar-refractivity contribution in [2.24, 2.45) is 17.8 Å². The van der Waals surface area contributed by atoms with Gasteiger partial charge in [0.2, 0.25) is 0 Å². The number of urea groups is 1. The maximum atomic E-state index is 13.1. The van der Waals surface area contributed by atoms with Crippen molar-refractivity contribution in [3.8, 4) is 0 Å². The number of nitrogens with zero attached hydrogens (tertiary/aromatic N) is 2. The SMILES string of the molecule is Cc1nn(Cc2ccc(F)cc2)c(C)c1NC(=O)NC12CC3CC(CC(C3)C1)C2. The van der Waals surface area contributed by atoms with Crippen molar-refractivity contribution in [3.63, 3.8) is 0 Å². The van der Waals surface area contributed by atoms with Crippen LogP contribution in [0.1, 0.15) is 55.5 Å². The molecule has 1 aromatic heterocycles. The van der Waals surface area contributed by atoms with Gasteiger partial charge in [0.1, 0.15) is 5.82 Å². The minimum absolute atomic E-state index is 0.00918. The van der Waals surface area contributed by atoms with E-state index in [1.54, 1.807) is 12.1 Å². The minimum Gasteiger partial charge on any atom is -0.332 e. The molecule has 4 aliphatic rings. The summed E-state index contributed by atoms with van der Waals surface area (Å²) in [6.07, 6.45) is 7.47. The van der Waals surface area contributed by atoms with E-state index < -0.39 is 0 Å². The van der Waals surface area contributed by atoms with E-state index in [4.69, 9.17) is 0 Å². The van der Waals surface area contributed by atoms with Gasteiger partial charge < -0.3 is 10.6 Å². The third kappa shape index (κ3) is 3.53. The highest BCUT2D eigenvalue weighted by atomic mass is 19.1. The lowest BCUT2D eigenvalue weighted by Crippen LogP contribution is -2.60. The summed E-state index contributed by atoms with van der Waals surface area (Å²) in [7, 11) is 0. The van der Waals surface area contributed by atoms with Crippen LogP contribution in [-0.2, 0) is 6.54 Å². The third-order valence-corrected chi connectivity index (χ3v) is 7.28. The van der Waals surface area contributed by atoms with Gasteiger partial charge in [-0.2, -0.15) is 5.10 Å². The van der Waals surface area contributed by atoms with Crippen LogP contribution in [0.2, 0.25) is 0 Å². The van der Waals surface area contributed by atoms with E-state index in [0.717, 1.165) is 59.7 Å². The molecule has 1 heterocycles. The van der Waals surface area contributed by atoms with E-state index in [0.29, 0.717) is 6.54 Å². The number of rotatable bonds is 4. The molecule has 29 heavy (non-hydrogen) atoms. The number of carbonyl (C=O) groups excluding carboxylic acids is 1. The van der Waals surface area contributed by atoms with Crippen molar-refractivity contribution in [3.05, 3.63) is 47.0 Å². The quantitative estimate of drug-likeness (QED) is 0.781. The minimum atomic E-state index is -0.245. The average Bonchev–Trinajstić information content (AvgIpc) is 2.89. The largest absolute Gasteiger partial charge is 0.332 e. The molecule has 0 unspecified atom stereocenters. The molecule has 4 aliphatic carbocycles. The zero-order valence-corrected chi connectivity index (χ0v) is 17.2. The first kappa shape index (κ1) is 18.6. The third-order valence-electron chi connectivity index (χ3n) is 7.28. The number of aromatic nitrogens is 2. The second kappa shape index (κ2) is 6.85. The van der Waals surface area contributed by atoms with Crippen molar-refractivity contribution in [1.82, 2.24) is 15.1 Å². The van der Waals surface area contributed by atoms with Crippen LogP contribution in [0.3, 0.4) is 0 Å². The maximum Gasteiger partial charge on any atom is 0.319 e. The molecule has 2 N–H and O–H groups in total. The average molecular weight is 397 g/mol. The van der Waals surface area contributed by atoms with Crippen LogP contribution in [0, 0.1) is 37.4 Å². The highest BCUT2D eigenvalue weighted by Gasteiger charge is 2.51. The molecule has 4 saturated carbocycles. The lowest BCUT2D eigenvalue weighted by atomic mass is 9.53. The van der Waals surface area contributed by atoms with E-state index in [1.165, 1.54) is 31.4 Å². The summed E-state index contributed by atoms with van der Waals surface area (Å²) in [5.74, 6) is 2.14. The second-order valence-electron chi connectivity index (χ2n) is 9.61. The van der Waals surface area contributed by atoms with E-state index in [2.05, 4.69) is 15.7 Å². The number of hydrogen-bond donors (Lipinski definition) is 2. The summed E-state index contributed by atoms with van der Waals surface area (Å²) in [5, 5.41) is 11.0. The first-order valence-corrected chi connectivity index (χ1v) is 10.8. The van der Waals surface area contributed by atoms with Gasteiger partial charge in [-0.3, -0.25) is 4.68 Å². The topological polar surface area (TPSA) is 59.0 Å². The predicted octanol–water partition coefficient (Wildman–Crippen LogP) is 4.78. The fourth-order valence-corrected chi connectivity index (χ4v) is 6.44. The highest BCUT2D eigenvalue weighted by molar-refractivity contribution is 5.91. The van der Waals surface area contributed by atoms with Gasteiger partial charge in [0.15, 0.2) is 0 Å². The van der Waals surface area contributed by atoms with Gasteiger partial charge in [-0.15, -0.1) is 0 Å². The van der Waals surface area contributed by atoms with Crippen molar-refractivity contribution >= 4 is 11.7 Å². The molecule has 4 bridgehead atoms. The van der Waals surface area contributed by atoms with Crippen LogP contribution in [0.5, 0.6) is 0 Å². The Morgan fingerprint density at radius 2 is 1.69 bits per heavy atom. The number of halogens is 1. The zero-order chi connectivity index (χ0) is 20.2. The van der Waals surface area contributed by atoms with Crippen LogP contribution in [0.4, 0.5) is 14.9 Å². The van der Waals surface area contributed by atoms with E-state index >= 15 is 0 Å². The van der Waals surface area contributed by atoms with Crippen LogP contribution >= 0.6 is 0 Å². The first-order valence-electron chi connectivity index (χ1n) is 10.8. The summed E-state index contributed by atoms with van der Waals surface area (Å²) in [6, 6.07) is 6.33. The number of hydrogen-bond acceptors (Lipinski definition) is 2. The van der Waals surface area contributed by atoms with Gasteiger partial charge in [0, 0.05) is 5.54 Å². The number of anilines is 1. The number of amides is 2. The standard InChI is InChI=1S/C23H29FN4O/c1-14-21(15(2)28(27-14)13-16-3-5-20(24)6-4-16)25-22(29)26-23-10-17-7-18(11-23)9-19(8-17)12-23/h3-6,17-19H,7-13H2,1-2H3,(H2,25,26,29). The molecule has 6 heteroatoms. The molecule has 2 amide bonds. The lowest BCUT2D eigenvalue weighted by Gasteiger charge is -2.56. The summed E-state index contributed by atoms with van der Waals surface area (Å²) < 4.78 is 15.0. The number of benzene rings is 1. The number of aryl methyl sites for hydroxylation is 1. The molecule has 5 nitrogen and oxygen atoms in total. The second-order valence-corrected chi connectivity index (χ2v) is 9.61. The molecule has 4 fully saturated rings. The molecule has 0 atom stereocenters. The van der Waals surface area contributed by atoms with Crippen molar-refractivity contribution in [2.75, 3.05) is 5.32 Å². The Morgan fingerprint density at radius 3 is 2.28 bits per heavy atom. The highest BCUT2D eigenvalue weighted by Crippen LogP contribution is 2.55. The van der Waals surface area contributed by atoms with E-state index in [1.807, 2.05) is 18.5 Å². The molecule has 0 radical (unpaired) electrons. The van der Waals surface area contributed by atoms with Gasteiger partial charge in [-0.25, -0.2) is 9.18 Å². The summed E-state index contributed by atoms with van der Waals surface area (Å²) in [4.78, 5) is 12.9. The lowest BCUT2D eigenvalue weighted by molar-refractivity contribution is -0.0127. The van der Waals surface area contributed by atoms with Crippen LogP contribution < -0.4 is 10.6 Å². The predicted molar refractivity (Wildman–Crippen MR) is 110 cm³/mol. The zero-order valence-electron chi connectivity index (χ0n) is 17.2. The van der Waals surface area contributed by atoms with E-state index in [9.17, 15) is 9.18 Å². The molecule has 6 rings (SSSR count). The van der Waals surface area contributed by atoms with Gasteiger partial charge in [-0.1, -0.05) is 12.1 Å². The molecule has 154 valence electrons. The summed E-state index contributed by atoms with van der Waals surface area (Å²) in [6.45, 7) is 4.42. The van der Waals surface area contributed by atoms with Crippen molar-refractivity contribution < 1.29 is 9.18 Å². The fraction of sp³-hybridized carbons (Fsp3) is 0.565. The van der Waals surface area contributed by atoms with E-state index in [-0.39, 0.29) is 17.4 Å². The van der Waals surface area contributed by atoms with Crippen LogP contribution in [0.15, 0.2) is 24.3 Å². The van der Waals surface area contributed by atoms with Crippen LogP contribution in [0.25, 0.3) is 0 Å². The molecule has 0 aliphatic heterocycles. The number of nitrogens with one attached hydrogen (secondary N) is 2. The Labute approximate surface area is 171 Å². The molecule has 1 aromatic carbocycles. The molecule has 0 spiro atoms. The Bertz CT molecular complexity index is 898. The van der Waals surface area contributed by atoms with Gasteiger partial charge >= 0.3 is 6.03 Å². The van der Waals surface area contributed by atoms with Gasteiger partial charge in [0.05, 0.1) is 23.6 Å². The van der Waals surface area contributed by atoms with Crippen molar-refractivity contribution in [1.29, 1.82) is 0 Å². The maximum absolute atomic E-state index is 13.1. The van der Waals surface area contributed by atoms with Crippen LogP contribution in [-0.4, -0.2) is 21.4 Å². The van der Waals surface area contributed by atoms with Gasteiger partial charge in [-0.05, 0) is 87.8 Å². The molecular formula is C23H29FN4O. The normalized spacial score (nSPS) is 29.8. The summed E-state index contributed by atoms with van der Waals surface area (Å²) in [5.41, 5.74) is 3.44. The molecular weight excluding hydrogens is 367 g/mol. The fourth-order valence-electron chi connectivity index (χ4n) is 6.44. The van der Waals surface area contributed by atoms with Gasteiger partial charge in [0.25, 0.3) is 0 Å². The van der Waals surface area contributed by atoms with Crippen molar-refractivity contribution in [2.45, 2.75) is 64.5 Å². The smallest absolute Gasteiger partial charge is 0.319 e. The molecule has 0 saturated heterocycles. The summed E-state index contributed by atoms with van der Waals surface area (Å²) >= 11 is 0. The first-order chi connectivity index (χ1) is 13.9. The molecule has 2 aromatic rings. The Morgan fingerprint density at radius 1 is 1.10 bits per heavy atom. The Balaban J connectivity index is 1.28. The Hall–Kier alpha value is -2.37. The Kier molecular flexibility index (Phi) is 4.41.